The van der Waals surface area contributed by atoms with Crippen molar-refractivity contribution in [2.24, 2.45) is 5.92 Å². The van der Waals surface area contributed by atoms with Gasteiger partial charge in [-0.3, -0.25) is 4.79 Å². The van der Waals surface area contributed by atoms with Gasteiger partial charge in [-0.05, 0) is 18.8 Å². The normalized spacial score (nSPS) is 20.4. The molecule has 0 atom stereocenters. The number of nitrogens with zero attached hydrogens (tertiary/aromatic N) is 1. The first-order valence-electron chi connectivity index (χ1n) is 5.92. The summed E-state index contributed by atoms with van der Waals surface area (Å²) in [7, 11) is 0. The average molecular weight is 249 g/mol. The van der Waals surface area contributed by atoms with E-state index in [1.54, 1.807) is 0 Å². The molecule has 0 bridgehead atoms. The lowest BCUT2D eigenvalue weighted by atomic mass is 10.3. The molecule has 4 nitrogen and oxygen atoms in total. The van der Waals surface area contributed by atoms with Crippen molar-refractivity contribution in [3.05, 3.63) is 0 Å². The fourth-order valence-electron chi connectivity index (χ4n) is 1.77. The number of carbonyl (C=O) groups is 1. The fourth-order valence-corrected chi connectivity index (χ4v) is 1.77. The van der Waals surface area contributed by atoms with Crippen LogP contribution in [0.4, 0.5) is 0 Å². The van der Waals surface area contributed by atoms with Gasteiger partial charge in [0.15, 0.2) is 0 Å². The molecule has 1 amide bonds. The topological polar surface area (TPSA) is 41.6 Å². The summed E-state index contributed by atoms with van der Waals surface area (Å²) in [4.78, 5) is 13.6. The van der Waals surface area contributed by atoms with E-state index < -0.39 is 0 Å². The number of amides is 1. The van der Waals surface area contributed by atoms with Crippen molar-refractivity contribution in [3.63, 3.8) is 0 Å². The Labute approximate surface area is 103 Å². The second-order valence-corrected chi connectivity index (χ2v) is 4.40. The molecule has 1 aliphatic heterocycles. The molecular weight excluding hydrogens is 228 g/mol. The third-order valence-corrected chi connectivity index (χ3v) is 2.98. The first kappa shape index (κ1) is 13.7. The SMILES string of the molecule is Cl.O=C(CCOCC1CC1)N1CCNCC1. The molecular formula is C11H21ClN2O2. The van der Waals surface area contributed by atoms with E-state index >= 15 is 0 Å². The monoisotopic (exact) mass is 248 g/mol. The van der Waals surface area contributed by atoms with Gasteiger partial charge in [0.2, 0.25) is 5.91 Å². The Hall–Kier alpha value is -0.320. The molecule has 2 aliphatic rings. The van der Waals surface area contributed by atoms with E-state index in [0.717, 1.165) is 38.7 Å². The Bertz CT molecular complexity index is 216. The molecule has 5 heteroatoms. The van der Waals surface area contributed by atoms with Gasteiger partial charge in [0.05, 0.1) is 13.0 Å². The number of hydrogen-bond acceptors (Lipinski definition) is 3. The maximum absolute atomic E-state index is 11.7. The predicted octanol–water partition coefficient (Wildman–Crippen LogP) is 0.657. The molecule has 2 rings (SSSR count). The Kier molecular flexibility index (Phi) is 6.09. The highest BCUT2D eigenvalue weighted by Crippen LogP contribution is 2.28. The molecule has 1 saturated heterocycles. The number of rotatable bonds is 5. The van der Waals surface area contributed by atoms with Gasteiger partial charge in [0.25, 0.3) is 0 Å². The summed E-state index contributed by atoms with van der Waals surface area (Å²) in [5, 5.41) is 3.23. The molecule has 0 aromatic rings. The molecule has 0 spiro atoms. The van der Waals surface area contributed by atoms with E-state index in [1.807, 2.05) is 4.90 Å². The van der Waals surface area contributed by atoms with Gasteiger partial charge >= 0.3 is 0 Å². The molecule has 1 saturated carbocycles. The van der Waals surface area contributed by atoms with Gasteiger partial charge in [-0.2, -0.15) is 0 Å². The van der Waals surface area contributed by atoms with E-state index in [4.69, 9.17) is 4.74 Å². The molecule has 94 valence electrons. The minimum absolute atomic E-state index is 0. The lowest BCUT2D eigenvalue weighted by molar-refractivity contribution is -0.132. The van der Waals surface area contributed by atoms with E-state index in [-0.39, 0.29) is 18.3 Å². The van der Waals surface area contributed by atoms with Gasteiger partial charge in [-0.1, -0.05) is 0 Å². The van der Waals surface area contributed by atoms with Crippen LogP contribution < -0.4 is 5.32 Å². The van der Waals surface area contributed by atoms with Crippen molar-refractivity contribution in [1.82, 2.24) is 10.2 Å². The molecule has 2 fully saturated rings. The van der Waals surface area contributed by atoms with Crippen molar-refractivity contribution in [3.8, 4) is 0 Å². The van der Waals surface area contributed by atoms with Gasteiger partial charge < -0.3 is 15.0 Å². The minimum Gasteiger partial charge on any atom is -0.381 e. The Morgan fingerprint density at radius 1 is 1.31 bits per heavy atom. The number of hydrogen-bond donors (Lipinski definition) is 1. The summed E-state index contributed by atoms with van der Waals surface area (Å²) in [6.07, 6.45) is 3.17. The zero-order valence-corrected chi connectivity index (χ0v) is 10.4. The number of ether oxygens (including phenoxy) is 1. The average Bonchev–Trinajstić information content (AvgIpc) is 3.09. The fraction of sp³-hybridized carbons (Fsp3) is 0.909. The maximum atomic E-state index is 11.7. The second-order valence-electron chi connectivity index (χ2n) is 4.40. The lowest BCUT2D eigenvalue weighted by Crippen LogP contribution is -2.46. The van der Waals surface area contributed by atoms with Crippen LogP contribution in [-0.4, -0.2) is 50.2 Å². The first-order chi connectivity index (χ1) is 7.36. The molecule has 0 unspecified atom stereocenters. The summed E-state index contributed by atoms with van der Waals surface area (Å²) in [6.45, 7) is 5.00. The highest BCUT2D eigenvalue weighted by molar-refractivity contribution is 5.85. The van der Waals surface area contributed by atoms with Crippen LogP contribution in [0.1, 0.15) is 19.3 Å². The number of halogens is 1. The van der Waals surface area contributed by atoms with Crippen LogP contribution in [-0.2, 0) is 9.53 Å². The van der Waals surface area contributed by atoms with E-state index in [0.29, 0.717) is 13.0 Å². The Morgan fingerprint density at radius 3 is 2.62 bits per heavy atom. The highest BCUT2D eigenvalue weighted by Gasteiger charge is 2.21. The van der Waals surface area contributed by atoms with Gasteiger partial charge in [0.1, 0.15) is 0 Å². The quantitative estimate of drug-likeness (QED) is 0.727. The first-order valence-corrected chi connectivity index (χ1v) is 5.92. The zero-order valence-electron chi connectivity index (χ0n) is 9.61. The van der Waals surface area contributed by atoms with Crippen LogP contribution in [0, 0.1) is 5.92 Å². The Balaban J connectivity index is 0.00000128. The number of nitrogens with one attached hydrogen (secondary N) is 1. The molecule has 0 aromatic carbocycles. The lowest BCUT2D eigenvalue weighted by Gasteiger charge is -2.27. The van der Waals surface area contributed by atoms with Gasteiger partial charge in [-0.15, -0.1) is 12.4 Å². The maximum Gasteiger partial charge on any atom is 0.224 e. The summed E-state index contributed by atoms with van der Waals surface area (Å²) >= 11 is 0. The Morgan fingerprint density at radius 2 is 2.00 bits per heavy atom. The molecule has 1 heterocycles. The third-order valence-electron chi connectivity index (χ3n) is 2.98. The van der Waals surface area contributed by atoms with E-state index in [2.05, 4.69) is 5.32 Å². The highest BCUT2D eigenvalue weighted by atomic mass is 35.5. The van der Waals surface area contributed by atoms with Crippen molar-refractivity contribution in [2.45, 2.75) is 19.3 Å². The van der Waals surface area contributed by atoms with E-state index in [9.17, 15) is 4.79 Å². The number of carbonyl (C=O) groups excluding carboxylic acids is 1. The predicted molar refractivity (Wildman–Crippen MR) is 64.9 cm³/mol. The van der Waals surface area contributed by atoms with Crippen LogP contribution in [0.25, 0.3) is 0 Å². The molecule has 0 radical (unpaired) electrons. The van der Waals surface area contributed by atoms with Crippen molar-refractivity contribution in [2.75, 3.05) is 39.4 Å². The smallest absolute Gasteiger partial charge is 0.224 e. The van der Waals surface area contributed by atoms with Crippen molar-refractivity contribution >= 4 is 18.3 Å². The molecule has 0 aromatic heterocycles. The van der Waals surface area contributed by atoms with Crippen LogP contribution in [0.15, 0.2) is 0 Å². The molecule has 1 N–H and O–H groups in total. The molecule has 1 aliphatic carbocycles. The largest absolute Gasteiger partial charge is 0.381 e. The van der Waals surface area contributed by atoms with Gasteiger partial charge in [0, 0.05) is 32.8 Å². The van der Waals surface area contributed by atoms with Crippen molar-refractivity contribution < 1.29 is 9.53 Å². The van der Waals surface area contributed by atoms with Crippen LogP contribution in [0.5, 0.6) is 0 Å². The number of piperazine rings is 1. The van der Waals surface area contributed by atoms with Crippen LogP contribution >= 0.6 is 12.4 Å². The van der Waals surface area contributed by atoms with Gasteiger partial charge in [-0.25, -0.2) is 0 Å². The summed E-state index contributed by atoms with van der Waals surface area (Å²) in [5.41, 5.74) is 0. The van der Waals surface area contributed by atoms with Crippen LogP contribution in [0.3, 0.4) is 0 Å². The summed E-state index contributed by atoms with van der Waals surface area (Å²) < 4.78 is 5.46. The third kappa shape index (κ3) is 4.68. The van der Waals surface area contributed by atoms with Crippen LogP contribution in [0.2, 0.25) is 0 Å². The summed E-state index contributed by atoms with van der Waals surface area (Å²) in [6, 6.07) is 0. The zero-order chi connectivity index (χ0) is 10.5. The standard InChI is InChI=1S/C11H20N2O2.ClH/c14-11(13-6-4-12-5-7-13)3-8-15-9-10-1-2-10;/h10,12H,1-9H2;1H. The second kappa shape index (κ2) is 7.09. The molecule has 16 heavy (non-hydrogen) atoms. The van der Waals surface area contributed by atoms with E-state index in [1.165, 1.54) is 12.8 Å². The minimum atomic E-state index is 0. The van der Waals surface area contributed by atoms with Crippen molar-refractivity contribution in [1.29, 1.82) is 0 Å². The summed E-state index contributed by atoms with van der Waals surface area (Å²) in [5.74, 6) is 1.03.